The summed E-state index contributed by atoms with van der Waals surface area (Å²) in [6, 6.07) is 7.55. The van der Waals surface area contributed by atoms with Gasteiger partial charge in [0.05, 0.1) is 0 Å². The summed E-state index contributed by atoms with van der Waals surface area (Å²) in [7, 11) is 0. The molecule has 1 aromatic carbocycles. The van der Waals surface area contributed by atoms with Crippen molar-refractivity contribution >= 4 is 0 Å². The predicted octanol–water partition coefficient (Wildman–Crippen LogP) is 5.88. The van der Waals surface area contributed by atoms with Gasteiger partial charge >= 0.3 is 0 Å². The van der Waals surface area contributed by atoms with E-state index in [4.69, 9.17) is 0 Å². The van der Waals surface area contributed by atoms with Crippen LogP contribution < -0.4 is 0 Å². The van der Waals surface area contributed by atoms with Crippen LogP contribution in [0.4, 0.5) is 0 Å². The minimum absolute atomic E-state index is 0.351. The van der Waals surface area contributed by atoms with Crippen LogP contribution in [-0.4, -0.2) is 5.11 Å². The van der Waals surface area contributed by atoms with Crippen LogP contribution in [0.5, 0.6) is 5.75 Å². The molecule has 0 atom stereocenters. The molecule has 2 rings (SSSR count). The SMILES string of the molecule is CCCCCC1CCC(C=CCc2ccc(O)cc2)CC1. The maximum atomic E-state index is 9.27. The first-order chi connectivity index (χ1) is 10.3. The van der Waals surface area contributed by atoms with Crippen LogP contribution in [0.15, 0.2) is 36.4 Å². The molecule has 0 aromatic heterocycles. The first-order valence-electron chi connectivity index (χ1n) is 8.72. The lowest BCUT2D eigenvalue weighted by Gasteiger charge is -2.26. The molecule has 0 heterocycles. The summed E-state index contributed by atoms with van der Waals surface area (Å²) < 4.78 is 0. The minimum Gasteiger partial charge on any atom is -0.508 e. The van der Waals surface area contributed by atoms with E-state index in [1.54, 1.807) is 12.1 Å². The summed E-state index contributed by atoms with van der Waals surface area (Å²) in [5, 5.41) is 9.27. The van der Waals surface area contributed by atoms with Gasteiger partial charge in [0.15, 0.2) is 0 Å². The number of unbranched alkanes of at least 4 members (excludes halogenated alkanes) is 2. The Balaban J connectivity index is 1.66. The fraction of sp³-hybridized carbons (Fsp3) is 0.600. The van der Waals surface area contributed by atoms with Gasteiger partial charge in [0.25, 0.3) is 0 Å². The van der Waals surface area contributed by atoms with Crippen LogP contribution in [0, 0.1) is 11.8 Å². The van der Waals surface area contributed by atoms with Gasteiger partial charge in [-0.15, -0.1) is 0 Å². The van der Waals surface area contributed by atoms with Crippen molar-refractivity contribution in [2.75, 3.05) is 0 Å². The molecule has 0 spiro atoms. The van der Waals surface area contributed by atoms with Crippen LogP contribution in [0.25, 0.3) is 0 Å². The van der Waals surface area contributed by atoms with Crippen molar-refractivity contribution in [2.24, 2.45) is 11.8 Å². The number of phenols is 1. The monoisotopic (exact) mass is 286 g/mol. The quantitative estimate of drug-likeness (QED) is 0.490. The molecule has 0 saturated heterocycles. The lowest BCUT2D eigenvalue weighted by atomic mass is 9.79. The van der Waals surface area contributed by atoms with E-state index in [1.165, 1.54) is 56.9 Å². The first-order valence-corrected chi connectivity index (χ1v) is 8.72. The number of phenolic OH excluding ortho intramolecular Hbond substituents is 1. The Labute approximate surface area is 130 Å². The summed E-state index contributed by atoms with van der Waals surface area (Å²) in [6.07, 6.45) is 17.0. The van der Waals surface area contributed by atoms with E-state index in [1.807, 2.05) is 12.1 Å². The molecule has 1 N–H and O–H groups in total. The van der Waals surface area contributed by atoms with Crippen molar-refractivity contribution in [1.82, 2.24) is 0 Å². The number of hydrogen-bond acceptors (Lipinski definition) is 1. The highest BCUT2D eigenvalue weighted by Crippen LogP contribution is 2.32. The zero-order valence-corrected chi connectivity index (χ0v) is 13.4. The Morgan fingerprint density at radius 3 is 2.43 bits per heavy atom. The van der Waals surface area contributed by atoms with E-state index < -0.39 is 0 Å². The van der Waals surface area contributed by atoms with Crippen LogP contribution in [0.3, 0.4) is 0 Å². The van der Waals surface area contributed by atoms with Gasteiger partial charge in [-0.2, -0.15) is 0 Å². The third-order valence-corrected chi connectivity index (χ3v) is 4.81. The van der Waals surface area contributed by atoms with Gasteiger partial charge in [0, 0.05) is 0 Å². The van der Waals surface area contributed by atoms with Crippen molar-refractivity contribution < 1.29 is 5.11 Å². The average molecular weight is 286 g/mol. The summed E-state index contributed by atoms with van der Waals surface area (Å²) in [4.78, 5) is 0. The van der Waals surface area contributed by atoms with Gasteiger partial charge < -0.3 is 5.11 Å². The van der Waals surface area contributed by atoms with Gasteiger partial charge in [0.1, 0.15) is 5.75 Å². The van der Waals surface area contributed by atoms with Crippen LogP contribution in [-0.2, 0) is 6.42 Å². The van der Waals surface area contributed by atoms with Crippen molar-refractivity contribution in [3.05, 3.63) is 42.0 Å². The molecule has 0 radical (unpaired) electrons. The molecule has 1 aliphatic rings. The van der Waals surface area contributed by atoms with Crippen LogP contribution >= 0.6 is 0 Å². The standard InChI is InChI=1S/C20H30O/c1-2-3-4-6-17-9-11-18(12-10-17)7-5-8-19-13-15-20(21)16-14-19/h5,7,13-18,21H,2-4,6,8-12H2,1H3. The van der Waals surface area contributed by atoms with Crippen molar-refractivity contribution in [1.29, 1.82) is 0 Å². The maximum Gasteiger partial charge on any atom is 0.115 e. The molecule has 21 heavy (non-hydrogen) atoms. The second kappa shape index (κ2) is 8.92. The lowest BCUT2D eigenvalue weighted by Crippen LogP contribution is -2.13. The van der Waals surface area contributed by atoms with E-state index in [0.29, 0.717) is 5.75 Å². The highest BCUT2D eigenvalue weighted by molar-refractivity contribution is 5.27. The van der Waals surface area contributed by atoms with Gasteiger partial charge in [0.2, 0.25) is 0 Å². The number of benzene rings is 1. The van der Waals surface area contributed by atoms with Crippen molar-refractivity contribution in [3.63, 3.8) is 0 Å². The van der Waals surface area contributed by atoms with Gasteiger partial charge in [-0.05, 0) is 61.6 Å². The van der Waals surface area contributed by atoms with Gasteiger partial charge in [-0.3, -0.25) is 0 Å². The van der Waals surface area contributed by atoms with Crippen molar-refractivity contribution in [3.8, 4) is 5.75 Å². The molecule has 0 amide bonds. The Hall–Kier alpha value is -1.24. The highest BCUT2D eigenvalue weighted by Gasteiger charge is 2.18. The molecule has 1 heteroatoms. The van der Waals surface area contributed by atoms with Crippen LogP contribution in [0.2, 0.25) is 0 Å². The van der Waals surface area contributed by atoms with Gasteiger partial charge in [-0.1, -0.05) is 56.9 Å². The number of hydrogen-bond donors (Lipinski definition) is 1. The fourth-order valence-electron chi connectivity index (χ4n) is 3.38. The fourth-order valence-corrected chi connectivity index (χ4v) is 3.38. The van der Waals surface area contributed by atoms with E-state index >= 15 is 0 Å². The summed E-state index contributed by atoms with van der Waals surface area (Å²) in [6.45, 7) is 2.29. The molecule has 1 nitrogen and oxygen atoms in total. The smallest absolute Gasteiger partial charge is 0.115 e. The molecule has 1 saturated carbocycles. The van der Waals surface area contributed by atoms with E-state index in [9.17, 15) is 5.11 Å². The lowest BCUT2D eigenvalue weighted by molar-refractivity contribution is 0.289. The molecular weight excluding hydrogens is 256 g/mol. The highest BCUT2D eigenvalue weighted by atomic mass is 16.3. The third-order valence-electron chi connectivity index (χ3n) is 4.81. The largest absolute Gasteiger partial charge is 0.508 e. The normalized spacial score (nSPS) is 22.7. The average Bonchev–Trinajstić information content (AvgIpc) is 2.51. The second-order valence-electron chi connectivity index (χ2n) is 6.58. The summed E-state index contributed by atoms with van der Waals surface area (Å²) in [5.74, 6) is 2.15. The summed E-state index contributed by atoms with van der Waals surface area (Å²) in [5.41, 5.74) is 1.28. The Morgan fingerprint density at radius 1 is 1.05 bits per heavy atom. The number of rotatable bonds is 7. The Bertz CT molecular complexity index is 410. The maximum absolute atomic E-state index is 9.27. The molecule has 116 valence electrons. The Kier molecular flexibility index (Phi) is 6.85. The van der Waals surface area contributed by atoms with Gasteiger partial charge in [-0.25, -0.2) is 0 Å². The zero-order chi connectivity index (χ0) is 14.9. The number of allylic oxidation sites excluding steroid dienone is 2. The molecule has 0 aliphatic heterocycles. The Morgan fingerprint density at radius 2 is 1.76 bits per heavy atom. The first kappa shape index (κ1) is 16.1. The molecular formula is C20H30O. The number of aromatic hydroxyl groups is 1. The van der Waals surface area contributed by atoms with Crippen LogP contribution in [0.1, 0.15) is 63.9 Å². The molecule has 1 aromatic rings. The third kappa shape index (κ3) is 5.95. The topological polar surface area (TPSA) is 20.2 Å². The molecule has 0 bridgehead atoms. The zero-order valence-electron chi connectivity index (χ0n) is 13.4. The van der Waals surface area contributed by atoms with E-state index in [2.05, 4.69) is 19.1 Å². The van der Waals surface area contributed by atoms with Crippen molar-refractivity contribution in [2.45, 2.75) is 64.7 Å². The predicted molar refractivity (Wildman–Crippen MR) is 90.5 cm³/mol. The molecule has 1 fully saturated rings. The van der Waals surface area contributed by atoms with E-state index in [0.717, 1.165) is 18.3 Å². The van der Waals surface area contributed by atoms with E-state index in [-0.39, 0.29) is 0 Å². The minimum atomic E-state index is 0.351. The molecule has 0 unspecified atom stereocenters. The second-order valence-corrected chi connectivity index (χ2v) is 6.58. The molecule has 1 aliphatic carbocycles. The summed E-state index contributed by atoms with van der Waals surface area (Å²) >= 11 is 0.